The van der Waals surface area contributed by atoms with Gasteiger partial charge in [0, 0.05) is 26.5 Å². The van der Waals surface area contributed by atoms with Crippen LogP contribution in [0.1, 0.15) is 26.5 Å². The van der Waals surface area contributed by atoms with Gasteiger partial charge >= 0.3 is 17.6 Å². The van der Waals surface area contributed by atoms with Crippen LogP contribution in [0.25, 0.3) is 0 Å². The Morgan fingerprint density at radius 3 is 2.70 bits per heavy atom. The third-order valence-corrected chi connectivity index (χ3v) is 3.95. The lowest BCUT2D eigenvalue weighted by Crippen LogP contribution is -2.33. The highest BCUT2D eigenvalue weighted by molar-refractivity contribution is 14.1. The standard InChI is InChI=1S/C13H15IN2O7/c1-6(17)21-5-10-9(22-7(2)18)3-11(23-10)16-4-8(14)12(19)15-13(16)20/h4,9-11H,3,5H2,1-2H3,(H,15,19,20)/t9?,10-,11-/m0/s1. The first-order chi connectivity index (χ1) is 10.8. The summed E-state index contributed by atoms with van der Waals surface area (Å²) < 4.78 is 17.3. The Morgan fingerprint density at radius 1 is 1.39 bits per heavy atom. The molecule has 1 fully saturated rings. The van der Waals surface area contributed by atoms with Crippen molar-refractivity contribution >= 4 is 34.5 Å². The summed E-state index contributed by atoms with van der Waals surface area (Å²) >= 11 is 1.80. The molecule has 10 heteroatoms. The van der Waals surface area contributed by atoms with Gasteiger partial charge in [0.1, 0.15) is 25.0 Å². The van der Waals surface area contributed by atoms with Crippen LogP contribution in [-0.2, 0) is 23.8 Å². The van der Waals surface area contributed by atoms with E-state index in [0.717, 1.165) is 0 Å². The van der Waals surface area contributed by atoms with Gasteiger partial charge < -0.3 is 14.2 Å². The number of aromatic nitrogens is 2. The van der Waals surface area contributed by atoms with E-state index in [0.29, 0.717) is 3.57 Å². The van der Waals surface area contributed by atoms with E-state index >= 15 is 0 Å². The molecule has 23 heavy (non-hydrogen) atoms. The molecule has 0 aromatic carbocycles. The second-order valence-electron chi connectivity index (χ2n) is 4.96. The molecular formula is C13H15IN2O7. The summed E-state index contributed by atoms with van der Waals surface area (Å²) in [6.45, 7) is 2.41. The molecule has 9 nitrogen and oxygen atoms in total. The van der Waals surface area contributed by atoms with Gasteiger partial charge in [0.25, 0.3) is 5.56 Å². The summed E-state index contributed by atoms with van der Waals surface area (Å²) in [4.78, 5) is 47.6. The van der Waals surface area contributed by atoms with E-state index in [2.05, 4.69) is 4.98 Å². The van der Waals surface area contributed by atoms with E-state index in [1.54, 1.807) is 22.6 Å². The molecule has 126 valence electrons. The Bertz CT molecular complexity index is 726. The fraction of sp³-hybridized carbons (Fsp3) is 0.538. The van der Waals surface area contributed by atoms with E-state index in [9.17, 15) is 19.2 Å². The summed E-state index contributed by atoms with van der Waals surface area (Å²) in [5, 5.41) is 0. The summed E-state index contributed by atoms with van der Waals surface area (Å²) in [6, 6.07) is 0. The monoisotopic (exact) mass is 438 g/mol. The van der Waals surface area contributed by atoms with Crippen molar-refractivity contribution in [1.82, 2.24) is 9.55 Å². The number of nitrogens with one attached hydrogen (secondary N) is 1. The van der Waals surface area contributed by atoms with Crippen molar-refractivity contribution in [1.29, 1.82) is 0 Å². The molecule has 1 unspecified atom stereocenters. The maximum atomic E-state index is 11.9. The van der Waals surface area contributed by atoms with E-state index in [1.807, 2.05) is 0 Å². The van der Waals surface area contributed by atoms with E-state index in [1.165, 1.54) is 24.6 Å². The van der Waals surface area contributed by atoms with Gasteiger partial charge in [0.05, 0.1) is 3.57 Å². The van der Waals surface area contributed by atoms with E-state index < -0.39 is 41.6 Å². The fourth-order valence-corrected chi connectivity index (χ4v) is 2.67. The van der Waals surface area contributed by atoms with Gasteiger partial charge in [-0.15, -0.1) is 0 Å². The van der Waals surface area contributed by atoms with Gasteiger partial charge in [-0.3, -0.25) is 23.9 Å². The first-order valence-corrected chi connectivity index (χ1v) is 7.83. The first kappa shape index (κ1) is 17.7. The van der Waals surface area contributed by atoms with Gasteiger partial charge in [-0.25, -0.2) is 4.79 Å². The maximum absolute atomic E-state index is 11.9. The molecule has 0 saturated carbocycles. The molecule has 0 bridgehead atoms. The maximum Gasteiger partial charge on any atom is 0.330 e. The number of carbonyl (C=O) groups excluding carboxylic acids is 2. The average Bonchev–Trinajstić information content (AvgIpc) is 2.82. The van der Waals surface area contributed by atoms with E-state index in [-0.39, 0.29) is 13.0 Å². The lowest BCUT2D eigenvalue weighted by Gasteiger charge is -2.17. The number of hydrogen-bond acceptors (Lipinski definition) is 7. The lowest BCUT2D eigenvalue weighted by atomic mass is 10.2. The van der Waals surface area contributed by atoms with Crippen molar-refractivity contribution in [3.8, 4) is 0 Å². The Kier molecular flexibility index (Phi) is 5.57. The Balaban J connectivity index is 2.23. The van der Waals surface area contributed by atoms with Crippen LogP contribution in [0.2, 0.25) is 0 Å². The average molecular weight is 438 g/mol. The molecule has 0 radical (unpaired) electrons. The largest absolute Gasteiger partial charge is 0.463 e. The second-order valence-corrected chi connectivity index (χ2v) is 6.12. The zero-order valence-corrected chi connectivity index (χ0v) is 14.6. The van der Waals surface area contributed by atoms with Crippen LogP contribution < -0.4 is 11.2 Å². The predicted octanol–water partition coefficient (Wildman–Crippen LogP) is -0.0765. The second kappa shape index (κ2) is 7.25. The van der Waals surface area contributed by atoms with Crippen molar-refractivity contribution in [2.75, 3.05) is 6.61 Å². The Hall–Kier alpha value is -1.69. The number of hydrogen-bond donors (Lipinski definition) is 1. The molecule has 0 amide bonds. The first-order valence-electron chi connectivity index (χ1n) is 6.75. The fourth-order valence-electron chi connectivity index (χ4n) is 2.23. The van der Waals surface area contributed by atoms with Crippen LogP contribution in [0.3, 0.4) is 0 Å². The van der Waals surface area contributed by atoms with Crippen LogP contribution in [-0.4, -0.2) is 40.3 Å². The molecular weight excluding hydrogens is 423 g/mol. The van der Waals surface area contributed by atoms with Crippen LogP contribution in [0.15, 0.2) is 15.8 Å². The number of esters is 2. The number of H-pyrrole nitrogens is 1. The quantitative estimate of drug-likeness (QED) is 0.517. The molecule has 2 heterocycles. The summed E-state index contributed by atoms with van der Waals surface area (Å²) in [5.41, 5.74) is -1.12. The van der Waals surface area contributed by atoms with Gasteiger partial charge in [-0.05, 0) is 22.6 Å². The number of ether oxygens (including phenoxy) is 3. The normalized spacial score (nSPS) is 23.5. The van der Waals surface area contributed by atoms with Gasteiger partial charge in [-0.1, -0.05) is 0 Å². The number of rotatable bonds is 4. The smallest absolute Gasteiger partial charge is 0.330 e. The number of aromatic amines is 1. The summed E-state index contributed by atoms with van der Waals surface area (Å²) in [6.07, 6.45) is -0.519. The van der Waals surface area contributed by atoms with Gasteiger partial charge in [0.2, 0.25) is 0 Å². The highest BCUT2D eigenvalue weighted by Crippen LogP contribution is 2.30. The molecule has 2 rings (SSSR count). The van der Waals surface area contributed by atoms with Crippen molar-refractivity contribution < 1.29 is 23.8 Å². The van der Waals surface area contributed by atoms with Crippen LogP contribution in [0.5, 0.6) is 0 Å². The van der Waals surface area contributed by atoms with Crippen molar-refractivity contribution in [2.45, 2.75) is 38.7 Å². The van der Waals surface area contributed by atoms with Crippen LogP contribution in [0, 0.1) is 3.57 Å². The lowest BCUT2D eigenvalue weighted by molar-refractivity contribution is -0.155. The SMILES string of the molecule is CC(=O)OC[C@@H]1O[C@H](n2cc(I)c(=O)[nH]c2=O)CC1OC(C)=O. The molecule has 1 aromatic heterocycles. The molecule has 1 aliphatic rings. The van der Waals surface area contributed by atoms with Crippen LogP contribution in [0.4, 0.5) is 0 Å². The number of halogens is 1. The Labute approximate surface area is 144 Å². The highest BCUT2D eigenvalue weighted by atomic mass is 127. The molecule has 1 aromatic rings. The minimum atomic E-state index is -0.738. The molecule has 0 spiro atoms. The third-order valence-electron chi connectivity index (χ3n) is 3.18. The van der Waals surface area contributed by atoms with Gasteiger partial charge in [-0.2, -0.15) is 0 Å². The number of carbonyl (C=O) groups is 2. The molecule has 1 saturated heterocycles. The zero-order valence-electron chi connectivity index (χ0n) is 12.4. The third kappa shape index (κ3) is 4.41. The predicted molar refractivity (Wildman–Crippen MR) is 84.8 cm³/mol. The van der Waals surface area contributed by atoms with Crippen molar-refractivity contribution in [3.63, 3.8) is 0 Å². The van der Waals surface area contributed by atoms with E-state index in [4.69, 9.17) is 14.2 Å². The summed E-state index contributed by atoms with van der Waals surface area (Å²) in [7, 11) is 0. The van der Waals surface area contributed by atoms with Crippen molar-refractivity contribution in [3.05, 3.63) is 30.6 Å². The summed E-state index contributed by atoms with van der Waals surface area (Å²) in [5.74, 6) is -0.996. The highest BCUT2D eigenvalue weighted by Gasteiger charge is 2.39. The zero-order chi connectivity index (χ0) is 17.1. The van der Waals surface area contributed by atoms with Crippen LogP contribution >= 0.6 is 22.6 Å². The molecule has 3 atom stereocenters. The molecule has 0 aliphatic carbocycles. The topological polar surface area (TPSA) is 117 Å². The van der Waals surface area contributed by atoms with Gasteiger partial charge in [0.15, 0.2) is 0 Å². The minimum Gasteiger partial charge on any atom is -0.463 e. The minimum absolute atomic E-state index is 0.0982. The number of nitrogens with zero attached hydrogens (tertiary/aromatic N) is 1. The molecule has 1 N–H and O–H groups in total. The molecule has 1 aliphatic heterocycles. The Morgan fingerprint density at radius 2 is 2.09 bits per heavy atom. The van der Waals surface area contributed by atoms with Crippen molar-refractivity contribution in [2.24, 2.45) is 0 Å².